The van der Waals surface area contributed by atoms with Gasteiger partial charge in [0.2, 0.25) is 0 Å². The molecule has 1 amide bonds. The minimum absolute atomic E-state index is 0. The zero-order valence-corrected chi connectivity index (χ0v) is 24.9. The molecular weight excluding hydrogens is 533 g/mol. The van der Waals surface area contributed by atoms with Gasteiger partial charge in [0.1, 0.15) is 11.6 Å². The van der Waals surface area contributed by atoms with Gasteiger partial charge >= 0.3 is 0 Å². The molecular formula is C31H39ClFN3O2S. The van der Waals surface area contributed by atoms with Crippen molar-refractivity contribution in [2.24, 2.45) is 7.05 Å². The summed E-state index contributed by atoms with van der Waals surface area (Å²) in [4.78, 5) is 17.1. The summed E-state index contributed by atoms with van der Waals surface area (Å²) in [6.45, 7) is 7.82. The summed E-state index contributed by atoms with van der Waals surface area (Å²) in [5.74, 6) is 0.328. The molecule has 1 aromatic heterocycles. The number of benzene rings is 2. The van der Waals surface area contributed by atoms with Crippen molar-refractivity contribution in [3.8, 4) is 5.75 Å². The quantitative estimate of drug-likeness (QED) is 0.305. The maximum atomic E-state index is 13.5. The number of phenolic OH excluding ortho intramolecular Hbond substituents is 1. The molecule has 0 unspecified atom stereocenters. The van der Waals surface area contributed by atoms with E-state index in [2.05, 4.69) is 20.9 Å². The average molecular weight is 572 g/mol. The lowest BCUT2D eigenvalue weighted by Gasteiger charge is -2.31. The third-order valence-electron chi connectivity index (χ3n) is 7.77. The third kappa shape index (κ3) is 6.47. The fraction of sp³-hybridized carbons (Fsp3) is 0.452. The Morgan fingerprint density at radius 2 is 1.85 bits per heavy atom. The number of phenols is 1. The molecule has 1 saturated carbocycles. The van der Waals surface area contributed by atoms with Gasteiger partial charge in [-0.2, -0.15) is 0 Å². The molecule has 5 nitrogen and oxygen atoms in total. The highest BCUT2D eigenvalue weighted by Crippen LogP contribution is 2.39. The lowest BCUT2D eigenvalue weighted by molar-refractivity contribution is 0.0920. The van der Waals surface area contributed by atoms with E-state index in [-0.39, 0.29) is 29.9 Å². The maximum absolute atomic E-state index is 13.5. The van der Waals surface area contributed by atoms with Crippen molar-refractivity contribution in [2.45, 2.75) is 75.1 Å². The van der Waals surface area contributed by atoms with Crippen LogP contribution in [0.15, 0.2) is 47.4 Å². The Balaban J connectivity index is 0.00000353. The van der Waals surface area contributed by atoms with Gasteiger partial charge in [-0.1, -0.05) is 18.9 Å². The molecule has 8 heteroatoms. The Hall–Kier alpha value is -2.48. The number of fused-ring (bicyclic) bond motifs is 1. The SMILES string of the molecule is Cl.Cn1c(CSc2ccc(F)cc2)c(C(=O)NC(C)(C)C)c2cc(O)c(C3=CCN(C4CCCC4)CC3)cc21. The molecule has 5 rings (SSSR count). The third-order valence-corrected chi connectivity index (χ3v) is 8.79. The molecule has 0 atom stereocenters. The summed E-state index contributed by atoms with van der Waals surface area (Å²) >= 11 is 1.56. The highest BCUT2D eigenvalue weighted by atomic mass is 35.5. The average Bonchev–Trinajstić information content (AvgIpc) is 3.49. The van der Waals surface area contributed by atoms with Crippen molar-refractivity contribution in [2.75, 3.05) is 13.1 Å². The van der Waals surface area contributed by atoms with E-state index in [1.54, 1.807) is 30.0 Å². The number of nitrogens with one attached hydrogen (secondary N) is 1. The van der Waals surface area contributed by atoms with Crippen LogP contribution in [-0.4, -0.2) is 45.2 Å². The van der Waals surface area contributed by atoms with Gasteiger partial charge in [0.15, 0.2) is 0 Å². The van der Waals surface area contributed by atoms with Crippen LogP contribution in [0.5, 0.6) is 5.75 Å². The van der Waals surface area contributed by atoms with E-state index in [9.17, 15) is 14.3 Å². The number of amides is 1. The smallest absolute Gasteiger partial charge is 0.254 e. The molecule has 210 valence electrons. The van der Waals surface area contributed by atoms with Crippen molar-refractivity contribution in [3.63, 3.8) is 0 Å². The van der Waals surface area contributed by atoms with Crippen LogP contribution >= 0.6 is 24.2 Å². The van der Waals surface area contributed by atoms with E-state index >= 15 is 0 Å². The van der Waals surface area contributed by atoms with E-state index in [4.69, 9.17) is 0 Å². The van der Waals surface area contributed by atoms with Crippen LogP contribution in [0.2, 0.25) is 0 Å². The zero-order chi connectivity index (χ0) is 27.0. The number of carbonyl (C=O) groups is 1. The Morgan fingerprint density at radius 3 is 2.46 bits per heavy atom. The molecule has 0 radical (unpaired) electrons. The summed E-state index contributed by atoms with van der Waals surface area (Å²) < 4.78 is 15.5. The molecule has 2 aromatic carbocycles. The van der Waals surface area contributed by atoms with E-state index < -0.39 is 5.54 Å². The molecule has 1 aliphatic heterocycles. The van der Waals surface area contributed by atoms with Gasteiger partial charge < -0.3 is 15.0 Å². The van der Waals surface area contributed by atoms with Crippen LogP contribution < -0.4 is 5.32 Å². The van der Waals surface area contributed by atoms with Crippen LogP contribution in [0.3, 0.4) is 0 Å². The highest BCUT2D eigenvalue weighted by Gasteiger charge is 2.28. The monoisotopic (exact) mass is 571 g/mol. The normalized spacial score (nSPS) is 16.8. The number of halogens is 2. The van der Waals surface area contributed by atoms with E-state index in [0.717, 1.165) is 46.6 Å². The number of aromatic nitrogens is 1. The highest BCUT2D eigenvalue weighted by molar-refractivity contribution is 7.98. The number of rotatable bonds is 6. The van der Waals surface area contributed by atoms with Crippen LogP contribution in [0.1, 0.15) is 74.5 Å². The number of carbonyl (C=O) groups excluding carboxylic acids is 1. The number of aryl methyl sites for hydroxylation is 1. The number of thioether (sulfide) groups is 1. The van der Waals surface area contributed by atoms with Crippen molar-refractivity contribution >= 4 is 46.6 Å². The molecule has 2 N–H and O–H groups in total. The molecule has 0 bridgehead atoms. The minimum atomic E-state index is -0.402. The second-order valence-electron chi connectivity index (χ2n) is 11.6. The minimum Gasteiger partial charge on any atom is -0.507 e. The molecule has 0 saturated heterocycles. The molecule has 1 fully saturated rings. The van der Waals surface area contributed by atoms with Gasteiger partial charge in [-0.15, -0.1) is 24.2 Å². The first kappa shape index (κ1) is 29.5. The van der Waals surface area contributed by atoms with Crippen LogP contribution in [0, 0.1) is 5.82 Å². The summed E-state index contributed by atoms with van der Waals surface area (Å²) in [6.07, 6.45) is 8.42. The zero-order valence-electron chi connectivity index (χ0n) is 23.2. The second-order valence-corrected chi connectivity index (χ2v) is 12.7. The summed E-state index contributed by atoms with van der Waals surface area (Å²) in [5, 5.41) is 15.0. The Morgan fingerprint density at radius 1 is 1.15 bits per heavy atom. The molecule has 0 spiro atoms. The lowest BCUT2D eigenvalue weighted by Crippen LogP contribution is -2.40. The van der Waals surface area contributed by atoms with E-state index in [1.165, 1.54) is 43.4 Å². The van der Waals surface area contributed by atoms with Crippen molar-refractivity contribution < 1.29 is 14.3 Å². The number of nitrogens with zero attached hydrogens (tertiary/aromatic N) is 2. The fourth-order valence-electron chi connectivity index (χ4n) is 5.82. The molecule has 2 aliphatic rings. The van der Waals surface area contributed by atoms with Gasteiger partial charge in [-0.05, 0) is 82.0 Å². The fourth-order valence-corrected chi connectivity index (χ4v) is 6.79. The van der Waals surface area contributed by atoms with Gasteiger partial charge in [-0.25, -0.2) is 4.39 Å². The maximum Gasteiger partial charge on any atom is 0.254 e. The van der Waals surface area contributed by atoms with Gasteiger partial charge in [-0.3, -0.25) is 9.69 Å². The van der Waals surface area contributed by atoms with Gasteiger partial charge in [0, 0.05) is 64.5 Å². The van der Waals surface area contributed by atoms with Crippen LogP contribution in [-0.2, 0) is 12.8 Å². The summed E-state index contributed by atoms with van der Waals surface area (Å²) in [7, 11) is 1.98. The largest absolute Gasteiger partial charge is 0.507 e. The molecule has 1 aliphatic carbocycles. The molecule has 39 heavy (non-hydrogen) atoms. The number of aromatic hydroxyl groups is 1. The summed E-state index contributed by atoms with van der Waals surface area (Å²) in [5.41, 5.74) is 4.00. The Bertz CT molecular complexity index is 1370. The summed E-state index contributed by atoms with van der Waals surface area (Å²) in [6, 6.07) is 10.9. The first-order chi connectivity index (χ1) is 18.1. The van der Waals surface area contributed by atoms with Crippen LogP contribution in [0.4, 0.5) is 4.39 Å². The molecule has 3 aromatic rings. The molecule has 2 heterocycles. The predicted octanol–water partition coefficient (Wildman–Crippen LogP) is 7.30. The van der Waals surface area contributed by atoms with E-state index in [0.29, 0.717) is 17.4 Å². The Kier molecular flexibility index (Phi) is 9.04. The van der Waals surface area contributed by atoms with Crippen molar-refractivity contribution in [3.05, 3.63) is 65.1 Å². The standard InChI is InChI=1S/C31H38FN3O2S.ClH/c1-31(2,3)33-30(37)29-25-18-28(36)24(20-13-15-35(16-14-20)22-7-5-6-8-22)17-26(25)34(4)27(29)19-38-23-11-9-21(32)10-12-23;/h9-13,17-18,22,36H,5-8,14-16,19H2,1-4H3,(H,33,37);1H. The van der Waals surface area contributed by atoms with Gasteiger partial charge in [0.05, 0.1) is 5.56 Å². The van der Waals surface area contributed by atoms with Crippen molar-refractivity contribution in [1.29, 1.82) is 0 Å². The van der Waals surface area contributed by atoms with Gasteiger partial charge in [0.25, 0.3) is 5.91 Å². The van der Waals surface area contributed by atoms with Crippen molar-refractivity contribution in [1.82, 2.24) is 14.8 Å². The topological polar surface area (TPSA) is 57.5 Å². The first-order valence-electron chi connectivity index (χ1n) is 13.6. The first-order valence-corrected chi connectivity index (χ1v) is 14.6. The van der Waals surface area contributed by atoms with E-state index in [1.807, 2.05) is 33.9 Å². The number of hydrogen-bond donors (Lipinski definition) is 2. The second kappa shape index (κ2) is 11.9. The Labute approximate surface area is 241 Å². The number of hydrogen-bond acceptors (Lipinski definition) is 4. The van der Waals surface area contributed by atoms with Crippen LogP contribution in [0.25, 0.3) is 16.5 Å². The predicted molar refractivity (Wildman–Crippen MR) is 161 cm³/mol. The lowest BCUT2D eigenvalue weighted by atomic mass is 9.95.